The SMILES string of the molecule is CN(CCC#N)c1ncc(-c2cc(Br)cs2)cn1. The van der Waals surface area contributed by atoms with Crippen LogP contribution in [0.5, 0.6) is 0 Å². The third kappa shape index (κ3) is 3.06. The molecule has 6 heteroatoms. The number of anilines is 1. The van der Waals surface area contributed by atoms with Crippen molar-refractivity contribution >= 4 is 33.2 Å². The van der Waals surface area contributed by atoms with E-state index in [1.54, 1.807) is 11.3 Å². The first-order valence-corrected chi connectivity index (χ1v) is 7.02. The Kier molecular flexibility index (Phi) is 4.28. The molecule has 0 radical (unpaired) electrons. The number of nitriles is 1. The second kappa shape index (κ2) is 5.94. The second-order valence-electron chi connectivity index (χ2n) is 3.73. The van der Waals surface area contributed by atoms with Crippen molar-refractivity contribution in [2.24, 2.45) is 0 Å². The second-order valence-corrected chi connectivity index (χ2v) is 5.56. The highest BCUT2D eigenvalue weighted by Crippen LogP contribution is 2.29. The highest BCUT2D eigenvalue weighted by Gasteiger charge is 2.06. The van der Waals surface area contributed by atoms with Crippen LogP contribution in [0.2, 0.25) is 0 Å². The summed E-state index contributed by atoms with van der Waals surface area (Å²) in [4.78, 5) is 11.6. The lowest BCUT2D eigenvalue weighted by Crippen LogP contribution is -2.20. The van der Waals surface area contributed by atoms with Gasteiger partial charge in [-0.3, -0.25) is 0 Å². The van der Waals surface area contributed by atoms with Gasteiger partial charge < -0.3 is 4.90 Å². The Morgan fingerprint density at radius 2 is 2.17 bits per heavy atom. The van der Waals surface area contributed by atoms with E-state index < -0.39 is 0 Å². The smallest absolute Gasteiger partial charge is 0.225 e. The summed E-state index contributed by atoms with van der Waals surface area (Å²) in [6.45, 7) is 0.639. The number of rotatable bonds is 4. The zero-order valence-electron chi connectivity index (χ0n) is 9.80. The van der Waals surface area contributed by atoms with Crippen LogP contribution in [0, 0.1) is 11.3 Å². The van der Waals surface area contributed by atoms with Gasteiger partial charge in [0.1, 0.15) is 0 Å². The Morgan fingerprint density at radius 1 is 1.44 bits per heavy atom. The Hall–Kier alpha value is -1.45. The number of aromatic nitrogens is 2. The largest absolute Gasteiger partial charge is 0.343 e. The molecule has 2 rings (SSSR count). The quantitative estimate of drug-likeness (QED) is 0.866. The number of hydrogen-bond donors (Lipinski definition) is 0. The number of nitrogens with zero attached hydrogens (tertiary/aromatic N) is 4. The van der Waals surface area contributed by atoms with Gasteiger partial charge in [-0.25, -0.2) is 9.97 Å². The molecule has 0 aromatic carbocycles. The van der Waals surface area contributed by atoms with E-state index in [0.29, 0.717) is 18.9 Å². The third-order valence-corrected chi connectivity index (χ3v) is 4.13. The molecule has 0 bridgehead atoms. The molecule has 0 amide bonds. The van der Waals surface area contributed by atoms with Crippen molar-refractivity contribution in [1.82, 2.24) is 9.97 Å². The molecule has 0 fully saturated rings. The average molecular weight is 323 g/mol. The molecule has 0 aliphatic heterocycles. The van der Waals surface area contributed by atoms with Crippen molar-refractivity contribution in [2.75, 3.05) is 18.5 Å². The molecule has 2 aromatic heterocycles. The molecule has 2 aromatic rings. The minimum atomic E-state index is 0.472. The molecule has 0 saturated heterocycles. The fourth-order valence-electron chi connectivity index (χ4n) is 1.43. The van der Waals surface area contributed by atoms with Crippen molar-refractivity contribution < 1.29 is 0 Å². The van der Waals surface area contributed by atoms with Gasteiger partial charge in [0.2, 0.25) is 5.95 Å². The van der Waals surface area contributed by atoms with Crippen LogP contribution < -0.4 is 4.90 Å². The number of halogens is 1. The Labute approximate surface area is 118 Å². The Balaban J connectivity index is 2.13. The van der Waals surface area contributed by atoms with Gasteiger partial charge in [0.05, 0.1) is 12.5 Å². The zero-order valence-corrected chi connectivity index (χ0v) is 12.2. The van der Waals surface area contributed by atoms with Gasteiger partial charge >= 0.3 is 0 Å². The Bertz CT molecular complexity index is 558. The normalized spacial score (nSPS) is 10.1. The van der Waals surface area contributed by atoms with Crippen LogP contribution in [0.3, 0.4) is 0 Å². The highest BCUT2D eigenvalue weighted by molar-refractivity contribution is 9.10. The van der Waals surface area contributed by atoms with Gasteiger partial charge in [-0.15, -0.1) is 11.3 Å². The van der Waals surface area contributed by atoms with Crippen LogP contribution in [0.4, 0.5) is 5.95 Å². The van der Waals surface area contributed by atoms with Gasteiger partial charge in [0.15, 0.2) is 0 Å². The first-order valence-electron chi connectivity index (χ1n) is 5.35. The summed E-state index contributed by atoms with van der Waals surface area (Å²) < 4.78 is 1.07. The zero-order chi connectivity index (χ0) is 13.0. The molecule has 0 unspecified atom stereocenters. The molecule has 92 valence electrons. The summed E-state index contributed by atoms with van der Waals surface area (Å²) in [5.41, 5.74) is 1.00. The predicted molar refractivity (Wildman–Crippen MR) is 76.5 cm³/mol. The van der Waals surface area contributed by atoms with E-state index in [4.69, 9.17) is 5.26 Å². The monoisotopic (exact) mass is 322 g/mol. The van der Waals surface area contributed by atoms with Crippen LogP contribution in [-0.2, 0) is 0 Å². The van der Waals surface area contributed by atoms with Crippen LogP contribution >= 0.6 is 27.3 Å². The van der Waals surface area contributed by atoms with E-state index in [0.717, 1.165) is 14.9 Å². The fraction of sp³-hybridized carbons (Fsp3) is 0.250. The first-order chi connectivity index (χ1) is 8.70. The first kappa shape index (κ1) is 13.0. The van der Waals surface area contributed by atoms with Crippen molar-refractivity contribution in [3.8, 4) is 16.5 Å². The van der Waals surface area contributed by atoms with Gasteiger partial charge in [-0.2, -0.15) is 5.26 Å². The summed E-state index contributed by atoms with van der Waals surface area (Å²) >= 11 is 5.07. The van der Waals surface area contributed by atoms with Gasteiger partial charge in [-0.1, -0.05) is 0 Å². The van der Waals surface area contributed by atoms with Gasteiger partial charge in [0, 0.05) is 46.3 Å². The maximum atomic E-state index is 8.54. The molecule has 0 N–H and O–H groups in total. The summed E-state index contributed by atoms with van der Waals surface area (Å²) in [6, 6.07) is 4.15. The van der Waals surface area contributed by atoms with Crippen molar-refractivity contribution in [3.63, 3.8) is 0 Å². The maximum absolute atomic E-state index is 8.54. The van der Waals surface area contributed by atoms with Crippen LogP contribution in [0.15, 0.2) is 28.3 Å². The molecule has 0 spiro atoms. The van der Waals surface area contributed by atoms with E-state index in [1.807, 2.05) is 35.8 Å². The van der Waals surface area contributed by atoms with E-state index >= 15 is 0 Å². The summed E-state index contributed by atoms with van der Waals surface area (Å²) in [6.07, 6.45) is 4.09. The highest BCUT2D eigenvalue weighted by atomic mass is 79.9. The maximum Gasteiger partial charge on any atom is 0.225 e. The van der Waals surface area contributed by atoms with E-state index in [1.165, 1.54) is 0 Å². The van der Waals surface area contributed by atoms with Gasteiger partial charge in [0.25, 0.3) is 0 Å². The van der Waals surface area contributed by atoms with Gasteiger partial charge in [-0.05, 0) is 22.0 Å². The lowest BCUT2D eigenvalue weighted by atomic mass is 10.3. The molecule has 0 saturated carbocycles. The predicted octanol–water partition coefficient (Wildman–Crippen LogP) is 3.32. The molecule has 0 aliphatic carbocycles. The number of thiophene rings is 1. The molecule has 18 heavy (non-hydrogen) atoms. The molecular formula is C12H11BrN4S. The number of hydrogen-bond acceptors (Lipinski definition) is 5. The standard InChI is InChI=1S/C12H11BrN4S/c1-17(4-2-3-14)12-15-6-9(7-16-12)11-5-10(13)8-18-11/h5-8H,2,4H2,1H3. The summed E-state index contributed by atoms with van der Waals surface area (Å²) in [7, 11) is 1.88. The van der Waals surface area contributed by atoms with Crippen LogP contribution in [-0.4, -0.2) is 23.6 Å². The molecule has 0 atom stereocenters. The molecule has 2 heterocycles. The van der Waals surface area contributed by atoms with E-state index in [9.17, 15) is 0 Å². The average Bonchev–Trinajstić information content (AvgIpc) is 2.83. The lowest BCUT2D eigenvalue weighted by molar-refractivity contribution is 0.859. The fourth-order valence-corrected chi connectivity index (χ4v) is 2.83. The molecule has 0 aliphatic rings. The van der Waals surface area contributed by atoms with Crippen LogP contribution in [0.25, 0.3) is 10.4 Å². The van der Waals surface area contributed by atoms with E-state index in [2.05, 4.69) is 32.0 Å². The minimum Gasteiger partial charge on any atom is -0.343 e. The third-order valence-electron chi connectivity index (χ3n) is 2.39. The molecular weight excluding hydrogens is 312 g/mol. The lowest BCUT2D eigenvalue weighted by Gasteiger charge is -2.14. The summed E-state index contributed by atoms with van der Waals surface area (Å²) in [5.74, 6) is 0.643. The molecule has 4 nitrogen and oxygen atoms in total. The van der Waals surface area contributed by atoms with E-state index in [-0.39, 0.29) is 0 Å². The topological polar surface area (TPSA) is 52.8 Å². The Morgan fingerprint density at radius 3 is 2.72 bits per heavy atom. The van der Waals surface area contributed by atoms with Crippen molar-refractivity contribution in [3.05, 3.63) is 28.3 Å². The minimum absolute atomic E-state index is 0.472. The summed E-state index contributed by atoms with van der Waals surface area (Å²) in [5, 5.41) is 10.6. The van der Waals surface area contributed by atoms with Crippen molar-refractivity contribution in [2.45, 2.75) is 6.42 Å². The van der Waals surface area contributed by atoms with Crippen molar-refractivity contribution in [1.29, 1.82) is 5.26 Å². The van der Waals surface area contributed by atoms with Crippen LogP contribution in [0.1, 0.15) is 6.42 Å².